The van der Waals surface area contributed by atoms with Crippen LogP contribution < -0.4 is 10.6 Å². The maximum absolute atomic E-state index is 12.2. The highest BCUT2D eigenvalue weighted by Gasteiger charge is 2.16. The molecule has 7 heteroatoms. The summed E-state index contributed by atoms with van der Waals surface area (Å²) in [6.45, 7) is 2.79. The Kier molecular flexibility index (Phi) is 6.78. The average molecular weight is 447 g/mol. The van der Waals surface area contributed by atoms with Gasteiger partial charge in [0.2, 0.25) is 0 Å². The Labute approximate surface area is 192 Å². The van der Waals surface area contributed by atoms with Crippen LogP contribution in [0.4, 0.5) is 0 Å². The van der Waals surface area contributed by atoms with E-state index in [0.717, 1.165) is 38.6 Å². The number of fused-ring (bicyclic) bond motifs is 1. The average Bonchev–Trinajstić information content (AvgIpc) is 3.20. The molecule has 0 bridgehead atoms. The van der Waals surface area contributed by atoms with Crippen LogP contribution in [0.3, 0.4) is 0 Å². The molecule has 1 amide bonds. The van der Waals surface area contributed by atoms with Gasteiger partial charge in [0.15, 0.2) is 0 Å². The zero-order valence-corrected chi connectivity index (χ0v) is 19.1. The van der Waals surface area contributed by atoms with Crippen LogP contribution in [-0.2, 0) is 4.74 Å². The van der Waals surface area contributed by atoms with E-state index in [4.69, 9.17) is 9.84 Å². The van der Waals surface area contributed by atoms with Crippen LogP contribution in [0.1, 0.15) is 29.2 Å². The topological polar surface area (TPSA) is 68.2 Å². The van der Waals surface area contributed by atoms with Crippen molar-refractivity contribution in [2.75, 3.05) is 20.7 Å². The first-order chi connectivity index (χ1) is 15.6. The van der Waals surface area contributed by atoms with Gasteiger partial charge in [0, 0.05) is 41.6 Å². The van der Waals surface area contributed by atoms with Crippen molar-refractivity contribution in [1.29, 1.82) is 0 Å². The van der Waals surface area contributed by atoms with Crippen molar-refractivity contribution in [2.45, 2.75) is 22.9 Å². The number of carbonyl (C=O) groups excluding carboxylic acids is 1. The van der Waals surface area contributed by atoms with Gasteiger partial charge >= 0.3 is 0 Å². The lowest BCUT2D eigenvalue weighted by molar-refractivity contribution is 0.0538. The van der Waals surface area contributed by atoms with Crippen LogP contribution in [0, 0.1) is 0 Å². The van der Waals surface area contributed by atoms with Crippen LogP contribution >= 0.6 is 11.8 Å². The lowest BCUT2D eigenvalue weighted by Gasteiger charge is -2.12. The molecule has 0 aliphatic carbocycles. The van der Waals surface area contributed by atoms with Gasteiger partial charge in [-0.3, -0.25) is 4.79 Å². The molecule has 1 aliphatic heterocycles. The van der Waals surface area contributed by atoms with E-state index in [1.165, 1.54) is 0 Å². The molecule has 6 nitrogen and oxygen atoms in total. The maximum Gasteiger partial charge on any atom is 0.252 e. The third kappa shape index (κ3) is 4.64. The molecular weight excluding hydrogens is 420 g/mol. The molecule has 32 heavy (non-hydrogen) atoms. The Morgan fingerprint density at radius 3 is 2.88 bits per heavy atom. The fraction of sp³-hybridized carbons (Fsp3) is 0.200. The first-order valence-electron chi connectivity index (χ1n) is 10.4. The number of hydrogen-bond acceptors (Lipinski definition) is 5. The minimum absolute atomic E-state index is 0.0971. The molecule has 0 spiro atoms. The van der Waals surface area contributed by atoms with E-state index in [1.807, 2.05) is 60.2 Å². The van der Waals surface area contributed by atoms with Gasteiger partial charge in [0.05, 0.1) is 16.8 Å². The predicted octanol–water partition coefficient (Wildman–Crippen LogP) is 4.77. The summed E-state index contributed by atoms with van der Waals surface area (Å²) in [5.74, 6) is -0.0971. The van der Waals surface area contributed by atoms with E-state index in [1.54, 1.807) is 25.9 Å². The van der Waals surface area contributed by atoms with Crippen molar-refractivity contribution in [2.24, 2.45) is 0 Å². The van der Waals surface area contributed by atoms with Crippen LogP contribution in [0.5, 0.6) is 0 Å². The molecule has 0 fully saturated rings. The fourth-order valence-electron chi connectivity index (χ4n) is 3.47. The second kappa shape index (κ2) is 9.89. The predicted molar refractivity (Wildman–Crippen MR) is 130 cm³/mol. The van der Waals surface area contributed by atoms with Gasteiger partial charge in [0.1, 0.15) is 6.23 Å². The van der Waals surface area contributed by atoms with Gasteiger partial charge in [0.25, 0.3) is 5.91 Å². The molecule has 0 saturated carbocycles. The van der Waals surface area contributed by atoms with Crippen molar-refractivity contribution in [3.05, 3.63) is 83.7 Å². The summed E-state index contributed by atoms with van der Waals surface area (Å²) in [5, 5.41) is 11.9. The van der Waals surface area contributed by atoms with Crippen molar-refractivity contribution in [3.63, 3.8) is 0 Å². The summed E-state index contributed by atoms with van der Waals surface area (Å²) in [5.41, 5.74) is 3.56. The van der Waals surface area contributed by atoms with Gasteiger partial charge in [-0.25, -0.2) is 4.68 Å². The first kappa shape index (κ1) is 21.9. The molecule has 0 radical (unpaired) electrons. The van der Waals surface area contributed by atoms with Crippen molar-refractivity contribution in [3.8, 4) is 0 Å². The molecule has 1 unspecified atom stereocenters. The zero-order valence-electron chi connectivity index (χ0n) is 18.3. The third-order valence-electron chi connectivity index (χ3n) is 5.24. The quantitative estimate of drug-likeness (QED) is 0.547. The molecule has 2 heterocycles. The number of ether oxygens (including phenoxy) is 1. The molecule has 1 aliphatic rings. The summed E-state index contributed by atoms with van der Waals surface area (Å²) >= 11 is 1.56. The van der Waals surface area contributed by atoms with Crippen LogP contribution in [0.25, 0.3) is 17.0 Å². The Morgan fingerprint density at radius 1 is 1.28 bits per heavy atom. The number of benzene rings is 2. The summed E-state index contributed by atoms with van der Waals surface area (Å²) in [4.78, 5) is 14.2. The first-order valence-corrected chi connectivity index (χ1v) is 11.2. The highest BCUT2D eigenvalue weighted by atomic mass is 32.2. The molecule has 1 atom stereocenters. The van der Waals surface area contributed by atoms with E-state index in [0.29, 0.717) is 5.56 Å². The van der Waals surface area contributed by atoms with Gasteiger partial charge < -0.3 is 15.4 Å². The smallest absolute Gasteiger partial charge is 0.252 e. The second-order valence-corrected chi connectivity index (χ2v) is 8.40. The SMILES string of the molecule is CNC(=O)c1ccccc1Sc1ccc2c(/C=C/C3=CC=CCN3)nn(C(C)OC)c2c1. The molecule has 0 saturated heterocycles. The van der Waals surface area contributed by atoms with Gasteiger partial charge in [-0.05, 0) is 55.5 Å². The number of amides is 1. The van der Waals surface area contributed by atoms with E-state index >= 15 is 0 Å². The molecule has 1 aromatic heterocycles. The van der Waals surface area contributed by atoms with Gasteiger partial charge in [-0.1, -0.05) is 36.0 Å². The van der Waals surface area contributed by atoms with E-state index in [-0.39, 0.29) is 12.1 Å². The number of dihydropyridines is 1. The maximum atomic E-state index is 12.2. The number of methoxy groups -OCH3 is 1. The molecule has 3 aromatic rings. The minimum Gasteiger partial charge on any atom is -0.382 e. The monoisotopic (exact) mass is 446 g/mol. The number of hydrogen-bond donors (Lipinski definition) is 2. The molecule has 4 rings (SSSR count). The lowest BCUT2D eigenvalue weighted by Crippen LogP contribution is -2.18. The summed E-state index contributed by atoms with van der Waals surface area (Å²) < 4.78 is 7.45. The van der Waals surface area contributed by atoms with Crippen molar-refractivity contribution >= 4 is 34.6 Å². The number of carbonyl (C=O) groups is 1. The minimum atomic E-state index is -0.215. The van der Waals surface area contributed by atoms with Crippen molar-refractivity contribution in [1.82, 2.24) is 20.4 Å². The van der Waals surface area contributed by atoms with E-state index in [2.05, 4.69) is 34.9 Å². The largest absolute Gasteiger partial charge is 0.382 e. The molecule has 164 valence electrons. The highest BCUT2D eigenvalue weighted by Crippen LogP contribution is 2.34. The summed E-state index contributed by atoms with van der Waals surface area (Å²) in [6.07, 6.45) is 9.99. The number of nitrogens with one attached hydrogen (secondary N) is 2. The Bertz CT molecular complexity index is 1230. The zero-order chi connectivity index (χ0) is 22.5. The van der Waals surface area contributed by atoms with E-state index < -0.39 is 0 Å². The molecule has 2 aromatic carbocycles. The standard InChI is InChI=1S/C25H26N4O2S/c1-17(31-3)29-23-16-19(32-24-10-5-4-9-21(24)25(30)26-2)12-13-20(23)22(28-29)14-11-18-8-6-7-15-27-18/h4-14,16-17,27H,15H2,1-3H3,(H,26,30)/b14-11+. The second-order valence-electron chi connectivity index (χ2n) is 7.29. The number of allylic oxidation sites excluding steroid dienone is 3. The molecule has 2 N–H and O–H groups in total. The van der Waals surface area contributed by atoms with Crippen LogP contribution in [0.15, 0.2) is 82.3 Å². The summed E-state index contributed by atoms with van der Waals surface area (Å²) in [6, 6.07) is 13.9. The fourth-order valence-corrected chi connectivity index (χ4v) is 4.45. The highest BCUT2D eigenvalue weighted by molar-refractivity contribution is 7.99. The number of rotatable bonds is 7. The normalized spacial score (nSPS) is 14.4. The van der Waals surface area contributed by atoms with Crippen molar-refractivity contribution < 1.29 is 9.53 Å². The lowest BCUT2D eigenvalue weighted by atomic mass is 10.2. The van der Waals surface area contributed by atoms with Crippen LogP contribution in [0.2, 0.25) is 0 Å². The number of aromatic nitrogens is 2. The Morgan fingerprint density at radius 2 is 2.12 bits per heavy atom. The number of nitrogens with zero attached hydrogens (tertiary/aromatic N) is 2. The van der Waals surface area contributed by atoms with E-state index in [9.17, 15) is 4.79 Å². The third-order valence-corrected chi connectivity index (χ3v) is 6.30. The van der Waals surface area contributed by atoms with Gasteiger partial charge in [-0.2, -0.15) is 5.10 Å². The Hall–Kier alpha value is -3.29. The van der Waals surface area contributed by atoms with Gasteiger partial charge in [-0.15, -0.1) is 0 Å². The molecular formula is C25H26N4O2S. The van der Waals surface area contributed by atoms with Crippen LogP contribution in [-0.4, -0.2) is 36.4 Å². The Balaban J connectivity index is 1.72. The summed E-state index contributed by atoms with van der Waals surface area (Å²) in [7, 11) is 3.32.